The summed E-state index contributed by atoms with van der Waals surface area (Å²) in [5.74, 6) is -2.08. The van der Waals surface area contributed by atoms with Crippen molar-refractivity contribution in [1.29, 1.82) is 5.26 Å². The Balaban J connectivity index is 1.92. The lowest BCUT2D eigenvalue weighted by Gasteiger charge is -2.08. The Morgan fingerprint density at radius 3 is 2.57 bits per heavy atom. The van der Waals surface area contributed by atoms with E-state index in [0.717, 1.165) is 6.07 Å². The van der Waals surface area contributed by atoms with Crippen molar-refractivity contribution in [3.63, 3.8) is 0 Å². The van der Waals surface area contributed by atoms with Gasteiger partial charge in [0, 0.05) is 5.02 Å². The molecule has 0 aliphatic heterocycles. The molecule has 0 aliphatic carbocycles. The lowest BCUT2D eigenvalue weighted by atomic mass is 10.1. The molecule has 5 nitrogen and oxygen atoms in total. The molecule has 1 N–H and O–H groups in total. The molecule has 0 unspecified atom stereocenters. The van der Waals surface area contributed by atoms with Crippen LogP contribution in [0.2, 0.25) is 5.02 Å². The molecule has 0 heterocycles. The van der Waals surface area contributed by atoms with Crippen LogP contribution in [0.5, 0.6) is 0 Å². The van der Waals surface area contributed by atoms with Crippen LogP contribution in [0, 0.1) is 17.1 Å². The normalized spacial score (nSPS) is 9.78. The SMILES string of the molecule is N#Cc1ccc(C(=O)OCC(=O)Nc2cc(Cl)ccc2F)cc1. The summed E-state index contributed by atoms with van der Waals surface area (Å²) in [5.41, 5.74) is 0.499. The maximum Gasteiger partial charge on any atom is 0.338 e. The number of carbonyl (C=O) groups is 2. The smallest absolute Gasteiger partial charge is 0.338 e. The van der Waals surface area contributed by atoms with Crippen LogP contribution in [0.1, 0.15) is 15.9 Å². The van der Waals surface area contributed by atoms with Gasteiger partial charge in [-0.05, 0) is 42.5 Å². The zero-order chi connectivity index (χ0) is 16.8. The molecule has 23 heavy (non-hydrogen) atoms. The van der Waals surface area contributed by atoms with E-state index in [2.05, 4.69) is 5.32 Å². The predicted octanol–water partition coefficient (Wildman–Crippen LogP) is 3.15. The van der Waals surface area contributed by atoms with Gasteiger partial charge in [-0.3, -0.25) is 4.79 Å². The van der Waals surface area contributed by atoms with Crippen molar-refractivity contribution < 1.29 is 18.7 Å². The summed E-state index contributed by atoms with van der Waals surface area (Å²) in [7, 11) is 0. The number of benzene rings is 2. The number of amides is 1. The van der Waals surface area contributed by atoms with Crippen molar-refractivity contribution in [2.75, 3.05) is 11.9 Å². The fourth-order valence-electron chi connectivity index (χ4n) is 1.67. The third-order valence-electron chi connectivity index (χ3n) is 2.79. The fraction of sp³-hybridized carbons (Fsp3) is 0.0625. The summed E-state index contributed by atoms with van der Waals surface area (Å²) < 4.78 is 18.3. The Kier molecular flexibility index (Phi) is 5.28. The number of halogens is 2. The number of rotatable bonds is 4. The minimum Gasteiger partial charge on any atom is -0.452 e. The lowest BCUT2D eigenvalue weighted by Crippen LogP contribution is -2.21. The highest BCUT2D eigenvalue weighted by molar-refractivity contribution is 6.30. The van der Waals surface area contributed by atoms with E-state index in [4.69, 9.17) is 21.6 Å². The standard InChI is InChI=1S/C16H10ClFN2O3/c17-12-5-6-13(18)14(7-12)20-15(21)9-23-16(22)11-3-1-10(8-19)2-4-11/h1-7H,9H2,(H,20,21). The summed E-state index contributed by atoms with van der Waals surface area (Å²) >= 11 is 5.71. The molecule has 2 rings (SSSR count). The highest BCUT2D eigenvalue weighted by Crippen LogP contribution is 2.19. The van der Waals surface area contributed by atoms with Crippen molar-refractivity contribution in [1.82, 2.24) is 0 Å². The van der Waals surface area contributed by atoms with Crippen LogP contribution in [0.25, 0.3) is 0 Å². The van der Waals surface area contributed by atoms with Crippen LogP contribution in [0.3, 0.4) is 0 Å². The third kappa shape index (κ3) is 4.53. The van der Waals surface area contributed by atoms with Gasteiger partial charge in [0.05, 0.1) is 22.9 Å². The first kappa shape index (κ1) is 16.5. The van der Waals surface area contributed by atoms with Crippen LogP contribution in [-0.2, 0) is 9.53 Å². The Morgan fingerprint density at radius 2 is 1.91 bits per heavy atom. The summed E-state index contributed by atoms with van der Waals surface area (Å²) in [4.78, 5) is 23.4. The summed E-state index contributed by atoms with van der Waals surface area (Å²) in [5, 5.41) is 11.2. The number of nitriles is 1. The van der Waals surface area contributed by atoms with Crippen LogP contribution in [0.4, 0.5) is 10.1 Å². The summed E-state index contributed by atoms with van der Waals surface area (Å²) in [6, 6.07) is 11.4. The number of esters is 1. The zero-order valence-electron chi connectivity index (χ0n) is 11.7. The number of anilines is 1. The molecule has 1 amide bonds. The highest BCUT2D eigenvalue weighted by atomic mass is 35.5. The molecular formula is C16H10ClFN2O3. The van der Waals surface area contributed by atoms with Gasteiger partial charge in [-0.1, -0.05) is 11.6 Å². The topological polar surface area (TPSA) is 79.2 Å². The van der Waals surface area contributed by atoms with Crippen molar-refractivity contribution >= 4 is 29.2 Å². The molecule has 2 aromatic rings. The first-order valence-corrected chi connectivity index (χ1v) is 6.79. The van der Waals surface area contributed by atoms with Gasteiger partial charge in [-0.25, -0.2) is 9.18 Å². The predicted molar refractivity (Wildman–Crippen MR) is 81.5 cm³/mol. The highest BCUT2D eigenvalue weighted by Gasteiger charge is 2.12. The van der Waals surface area contributed by atoms with Crippen LogP contribution >= 0.6 is 11.6 Å². The van der Waals surface area contributed by atoms with E-state index < -0.39 is 24.3 Å². The van der Waals surface area contributed by atoms with E-state index in [0.29, 0.717) is 5.56 Å². The number of ether oxygens (including phenoxy) is 1. The number of nitrogens with one attached hydrogen (secondary N) is 1. The zero-order valence-corrected chi connectivity index (χ0v) is 12.4. The Bertz CT molecular complexity index is 785. The third-order valence-corrected chi connectivity index (χ3v) is 3.02. The van der Waals surface area contributed by atoms with Crippen LogP contribution < -0.4 is 5.32 Å². The molecule has 0 bridgehead atoms. The Morgan fingerprint density at radius 1 is 1.22 bits per heavy atom. The van der Waals surface area contributed by atoms with Gasteiger partial charge < -0.3 is 10.1 Å². The van der Waals surface area contributed by atoms with Gasteiger partial charge in [-0.15, -0.1) is 0 Å². The van der Waals surface area contributed by atoms with Gasteiger partial charge in [0.15, 0.2) is 6.61 Å². The van der Waals surface area contributed by atoms with E-state index >= 15 is 0 Å². The molecule has 0 fully saturated rings. The molecule has 0 atom stereocenters. The maximum atomic E-state index is 13.5. The summed E-state index contributed by atoms with van der Waals surface area (Å²) in [6.07, 6.45) is 0. The molecule has 0 saturated heterocycles. The van der Waals surface area contributed by atoms with Crippen molar-refractivity contribution in [3.05, 3.63) is 64.4 Å². The van der Waals surface area contributed by atoms with Gasteiger partial charge in [0.2, 0.25) is 0 Å². The molecule has 116 valence electrons. The molecule has 0 saturated carbocycles. The largest absolute Gasteiger partial charge is 0.452 e. The second kappa shape index (κ2) is 7.38. The molecular weight excluding hydrogens is 323 g/mol. The minimum atomic E-state index is -0.726. The van der Waals surface area contributed by atoms with E-state index in [1.54, 1.807) is 0 Å². The van der Waals surface area contributed by atoms with Gasteiger partial charge in [0.25, 0.3) is 5.91 Å². The second-order valence-electron chi connectivity index (χ2n) is 4.44. The average molecular weight is 333 g/mol. The summed E-state index contributed by atoms with van der Waals surface area (Å²) in [6.45, 7) is -0.579. The van der Waals surface area contributed by atoms with E-state index in [1.807, 2.05) is 6.07 Å². The lowest BCUT2D eigenvalue weighted by molar-refractivity contribution is -0.119. The average Bonchev–Trinajstić information content (AvgIpc) is 2.56. The molecule has 0 spiro atoms. The number of nitrogens with zero attached hydrogens (tertiary/aromatic N) is 1. The quantitative estimate of drug-likeness (QED) is 0.872. The molecule has 0 aliphatic rings. The number of carbonyl (C=O) groups excluding carboxylic acids is 2. The molecule has 0 radical (unpaired) electrons. The Labute approximate surface area is 136 Å². The van der Waals surface area contributed by atoms with Gasteiger partial charge >= 0.3 is 5.97 Å². The van der Waals surface area contributed by atoms with E-state index in [1.165, 1.54) is 36.4 Å². The van der Waals surface area contributed by atoms with Crippen molar-refractivity contribution in [3.8, 4) is 6.07 Å². The molecule has 0 aromatic heterocycles. The van der Waals surface area contributed by atoms with Crippen LogP contribution in [0.15, 0.2) is 42.5 Å². The minimum absolute atomic E-state index is 0.100. The Hall–Kier alpha value is -2.91. The maximum absolute atomic E-state index is 13.5. The monoisotopic (exact) mass is 332 g/mol. The number of hydrogen-bond donors (Lipinski definition) is 1. The number of hydrogen-bond acceptors (Lipinski definition) is 4. The van der Waals surface area contributed by atoms with Crippen molar-refractivity contribution in [2.24, 2.45) is 0 Å². The molecule has 2 aromatic carbocycles. The fourth-order valence-corrected chi connectivity index (χ4v) is 1.85. The van der Waals surface area contributed by atoms with E-state index in [-0.39, 0.29) is 16.3 Å². The van der Waals surface area contributed by atoms with Crippen molar-refractivity contribution in [2.45, 2.75) is 0 Å². The van der Waals surface area contributed by atoms with Gasteiger partial charge in [-0.2, -0.15) is 5.26 Å². The van der Waals surface area contributed by atoms with Gasteiger partial charge in [0.1, 0.15) is 5.82 Å². The first-order valence-electron chi connectivity index (χ1n) is 6.42. The second-order valence-corrected chi connectivity index (χ2v) is 4.87. The first-order chi connectivity index (χ1) is 11.0. The van der Waals surface area contributed by atoms with E-state index in [9.17, 15) is 14.0 Å². The molecule has 7 heteroatoms. The van der Waals surface area contributed by atoms with Crippen LogP contribution in [-0.4, -0.2) is 18.5 Å².